The Morgan fingerprint density at radius 1 is 1.53 bits per heavy atom. The van der Waals surface area contributed by atoms with Gasteiger partial charge in [-0.25, -0.2) is 0 Å². The van der Waals surface area contributed by atoms with Crippen molar-refractivity contribution in [1.82, 2.24) is 5.32 Å². The van der Waals surface area contributed by atoms with E-state index >= 15 is 0 Å². The predicted molar refractivity (Wildman–Crippen MR) is 64.8 cm³/mol. The molecule has 2 unspecified atom stereocenters. The lowest BCUT2D eigenvalue weighted by Crippen LogP contribution is -2.57. The van der Waals surface area contributed by atoms with E-state index < -0.39 is 5.72 Å². The van der Waals surface area contributed by atoms with Crippen LogP contribution in [-0.4, -0.2) is 25.0 Å². The van der Waals surface area contributed by atoms with Gasteiger partial charge in [0.05, 0.1) is 6.61 Å². The standard InChI is InChI=1S/C13H16N2O2/c1-9-5-6-15-13-11(9)3-2-4-12(13)17-10(7-14)8-16-13/h2-6,10,15H,7-8,14H2,1H3. The molecule has 1 fully saturated rings. The van der Waals surface area contributed by atoms with Crippen molar-refractivity contribution in [2.45, 2.75) is 18.8 Å². The van der Waals surface area contributed by atoms with Crippen LogP contribution >= 0.6 is 0 Å². The van der Waals surface area contributed by atoms with Crippen LogP contribution in [0.1, 0.15) is 6.92 Å². The van der Waals surface area contributed by atoms with Gasteiger partial charge in [-0.3, -0.25) is 0 Å². The fourth-order valence-corrected chi connectivity index (χ4v) is 2.39. The largest absolute Gasteiger partial charge is 0.486 e. The highest BCUT2D eigenvalue weighted by Crippen LogP contribution is 2.39. The third-order valence-electron chi connectivity index (χ3n) is 3.32. The summed E-state index contributed by atoms with van der Waals surface area (Å²) in [5.41, 5.74) is 7.27. The molecular formula is C13H16N2O2. The summed E-state index contributed by atoms with van der Waals surface area (Å²) in [5.74, 6) is 0.792. The Hall–Kier alpha value is -1.52. The Bertz CT molecular complexity index is 462. The number of nitrogens with two attached hydrogens (primary N) is 1. The zero-order valence-corrected chi connectivity index (χ0v) is 9.77. The Morgan fingerprint density at radius 3 is 3.24 bits per heavy atom. The molecule has 90 valence electrons. The zero-order valence-electron chi connectivity index (χ0n) is 9.77. The first-order chi connectivity index (χ1) is 8.26. The molecule has 1 spiro atoms. The second kappa shape index (κ2) is 3.75. The Labute approximate surface area is 100 Å². The molecule has 4 nitrogen and oxygen atoms in total. The molecule has 3 aliphatic rings. The number of ether oxygens (including phenoxy) is 2. The van der Waals surface area contributed by atoms with Crippen molar-refractivity contribution in [3.63, 3.8) is 0 Å². The average molecular weight is 232 g/mol. The molecule has 0 aromatic rings. The molecule has 3 rings (SSSR count). The third kappa shape index (κ3) is 1.45. The summed E-state index contributed by atoms with van der Waals surface area (Å²) in [6.07, 6.45) is 9.85. The number of dihydropyridines is 1. The highest BCUT2D eigenvalue weighted by Gasteiger charge is 2.46. The first-order valence-electron chi connectivity index (χ1n) is 5.81. The summed E-state index contributed by atoms with van der Waals surface area (Å²) in [6, 6.07) is 0. The van der Waals surface area contributed by atoms with Crippen LogP contribution < -0.4 is 11.1 Å². The maximum absolute atomic E-state index is 6.00. The van der Waals surface area contributed by atoms with Crippen LogP contribution in [0.4, 0.5) is 0 Å². The van der Waals surface area contributed by atoms with Gasteiger partial charge in [0.25, 0.3) is 0 Å². The molecule has 0 aromatic carbocycles. The molecule has 17 heavy (non-hydrogen) atoms. The van der Waals surface area contributed by atoms with Gasteiger partial charge in [0.2, 0.25) is 5.72 Å². The molecule has 1 aliphatic carbocycles. The first-order valence-corrected chi connectivity index (χ1v) is 5.81. The van der Waals surface area contributed by atoms with E-state index in [-0.39, 0.29) is 6.10 Å². The monoisotopic (exact) mass is 232 g/mol. The highest BCUT2D eigenvalue weighted by molar-refractivity contribution is 5.51. The fourth-order valence-electron chi connectivity index (χ4n) is 2.39. The van der Waals surface area contributed by atoms with Crippen molar-refractivity contribution in [3.8, 4) is 0 Å². The van der Waals surface area contributed by atoms with Crippen molar-refractivity contribution >= 4 is 0 Å². The van der Waals surface area contributed by atoms with Gasteiger partial charge in [-0.2, -0.15) is 0 Å². The molecule has 0 aromatic heterocycles. The van der Waals surface area contributed by atoms with Crippen LogP contribution in [0.2, 0.25) is 0 Å². The zero-order chi connectivity index (χ0) is 11.9. The van der Waals surface area contributed by atoms with E-state index in [2.05, 4.69) is 18.3 Å². The quantitative estimate of drug-likeness (QED) is 0.706. The number of rotatable bonds is 1. The lowest BCUT2D eigenvalue weighted by Gasteiger charge is -2.45. The van der Waals surface area contributed by atoms with Crippen LogP contribution in [0.25, 0.3) is 0 Å². The number of hydrogen-bond acceptors (Lipinski definition) is 4. The van der Waals surface area contributed by atoms with Crippen LogP contribution in [0.15, 0.2) is 47.4 Å². The topological polar surface area (TPSA) is 56.5 Å². The van der Waals surface area contributed by atoms with Crippen molar-refractivity contribution in [2.24, 2.45) is 5.73 Å². The van der Waals surface area contributed by atoms with E-state index in [1.165, 1.54) is 5.57 Å². The minimum Gasteiger partial charge on any atom is -0.486 e. The first kappa shape index (κ1) is 10.6. The van der Waals surface area contributed by atoms with Crippen molar-refractivity contribution < 1.29 is 9.47 Å². The van der Waals surface area contributed by atoms with Crippen LogP contribution in [0.5, 0.6) is 0 Å². The molecule has 2 heterocycles. The van der Waals surface area contributed by atoms with Gasteiger partial charge in [0.15, 0.2) is 5.76 Å². The van der Waals surface area contributed by atoms with E-state index in [0.29, 0.717) is 13.2 Å². The van der Waals surface area contributed by atoms with Crippen molar-refractivity contribution in [1.29, 1.82) is 0 Å². The molecule has 0 bridgehead atoms. The SMILES string of the molecule is CC1=C2C=CC=C3OC(CN)COC32NC=C1. The molecular weight excluding hydrogens is 216 g/mol. The summed E-state index contributed by atoms with van der Waals surface area (Å²) in [5, 5.41) is 3.27. The van der Waals surface area contributed by atoms with Gasteiger partial charge in [0, 0.05) is 12.1 Å². The second-order valence-corrected chi connectivity index (χ2v) is 4.43. The normalized spacial score (nSPS) is 34.5. The molecule has 0 radical (unpaired) electrons. The second-order valence-electron chi connectivity index (χ2n) is 4.43. The Balaban J connectivity index is 2.03. The predicted octanol–water partition coefficient (Wildman–Crippen LogP) is 0.944. The molecule has 3 N–H and O–H groups in total. The summed E-state index contributed by atoms with van der Waals surface area (Å²) >= 11 is 0. The van der Waals surface area contributed by atoms with Gasteiger partial charge in [-0.15, -0.1) is 0 Å². The maximum atomic E-state index is 6.00. The Morgan fingerprint density at radius 2 is 2.41 bits per heavy atom. The Kier molecular flexibility index (Phi) is 2.34. The number of nitrogens with one attached hydrogen (secondary N) is 1. The minimum absolute atomic E-state index is 0.0624. The summed E-state index contributed by atoms with van der Waals surface area (Å²) < 4.78 is 11.9. The molecule has 4 heteroatoms. The van der Waals surface area contributed by atoms with Gasteiger partial charge < -0.3 is 20.5 Å². The fraction of sp³-hybridized carbons (Fsp3) is 0.385. The van der Waals surface area contributed by atoms with E-state index in [4.69, 9.17) is 15.2 Å². The third-order valence-corrected chi connectivity index (χ3v) is 3.32. The summed E-state index contributed by atoms with van der Waals surface area (Å²) in [6.45, 7) is 3.03. The maximum Gasteiger partial charge on any atom is 0.224 e. The van der Waals surface area contributed by atoms with E-state index in [9.17, 15) is 0 Å². The van der Waals surface area contributed by atoms with Gasteiger partial charge in [-0.05, 0) is 30.8 Å². The van der Waals surface area contributed by atoms with Crippen LogP contribution in [-0.2, 0) is 9.47 Å². The highest BCUT2D eigenvalue weighted by atomic mass is 16.6. The van der Waals surface area contributed by atoms with Crippen LogP contribution in [0.3, 0.4) is 0 Å². The summed E-state index contributed by atoms with van der Waals surface area (Å²) in [4.78, 5) is 0. The molecule has 1 saturated heterocycles. The number of allylic oxidation sites excluding steroid dienone is 4. The van der Waals surface area contributed by atoms with Gasteiger partial charge in [-0.1, -0.05) is 12.2 Å². The molecule has 2 atom stereocenters. The lowest BCUT2D eigenvalue weighted by atomic mass is 9.88. The van der Waals surface area contributed by atoms with Gasteiger partial charge >= 0.3 is 0 Å². The van der Waals surface area contributed by atoms with Crippen LogP contribution in [0, 0.1) is 0 Å². The smallest absolute Gasteiger partial charge is 0.224 e. The molecule has 2 aliphatic heterocycles. The van der Waals surface area contributed by atoms with Crippen molar-refractivity contribution in [2.75, 3.05) is 13.2 Å². The summed E-state index contributed by atoms with van der Waals surface area (Å²) in [7, 11) is 0. The average Bonchev–Trinajstić information content (AvgIpc) is 2.37. The van der Waals surface area contributed by atoms with E-state index in [1.807, 2.05) is 24.4 Å². The molecule has 0 saturated carbocycles. The number of hydrogen-bond donors (Lipinski definition) is 2. The van der Waals surface area contributed by atoms with E-state index in [0.717, 1.165) is 11.3 Å². The van der Waals surface area contributed by atoms with E-state index in [1.54, 1.807) is 0 Å². The van der Waals surface area contributed by atoms with Crippen molar-refractivity contribution in [3.05, 3.63) is 47.4 Å². The van der Waals surface area contributed by atoms with Gasteiger partial charge in [0.1, 0.15) is 6.10 Å². The lowest BCUT2D eigenvalue weighted by molar-refractivity contribution is -0.136. The minimum atomic E-state index is -0.640. The molecule has 0 amide bonds.